The number of aromatic nitrogens is 3. The smallest absolute Gasteiger partial charge is 0.160 e. The summed E-state index contributed by atoms with van der Waals surface area (Å²) in [5.41, 5.74) is 4.80. The van der Waals surface area contributed by atoms with Crippen LogP contribution < -0.4 is 0 Å². The SMILES string of the molecule is Fc1ccc(Cl)cc1-c1cc(-c2cccc(-c3ccccc3)n2)c2cccnc2n1. The van der Waals surface area contributed by atoms with Gasteiger partial charge in [-0.25, -0.2) is 19.3 Å². The summed E-state index contributed by atoms with van der Waals surface area (Å²) in [5, 5.41) is 1.29. The van der Waals surface area contributed by atoms with E-state index in [-0.39, 0.29) is 5.82 Å². The zero-order chi connectivity index (χ0) is 20.5. The quantitative estimate of drug-likeness (QED) is 0.327. The molecule has 3 heterocycles. The molecule has 144 valence electrons. The van der Waals surface area contributed by atoms with Crippen molar-refractivity contribution in [1.82, 2.24) is 15.0 Å². The lowest BCUT2D eigenvalue weighted by Gasteiger charge is -2.11. The van der Waals surface area contributed by atoms with Crippen molar-refractivity contribution in [3.63, 3.8) is 0 Å². The molecule has 0 atom stereocenters. The maximum atomic E-state index is 14.5. The highest BCUT2D eigenvalue weighted by atomic mass is 35.5. The predicted octanol–water partition coefficient (Wildman–Crippen LogP) is 6.82. The van der Waals surface area contributed by atoms with Crippen LogP contribution in [0.3, 0.4) is 0 Å². The standard InChI is InChI=1S/C25H15ClFN3/c26-17-11-12-21(27)20(14-17)24-15-19(18-8-5-13-28-25(18)30-24)23-10-4-9-22(29-23)16-6-2-1-3-7-16/h1-15H. The zero-order valence-electron chi connectivity index (χ0n) is 15.8. The van der Waals surface area contributed by atoms with E-state index in [0.717, 1.165) is 27.9 Å². The van der Waals surface area contributed by atoms with Gasteiger partial charge in [0, 0.05) is 33.3 Å². The fourth-order valence-electron chi connectivity index (χ4n) is 3.46. The molecule has 5 rings (SSSR count). The molecule has 0 aliphatic rings. The molecule has 0 fully saturated rings. The number of pyridine rings is 3. The van der Waals surface area contributed by atoms with E-state index >= 15 is 0 Å². The van der Waals surface area contributed by atoms with Gasteiger partial charge in [0.25, 0.3) is 0 Å². The molecule has 0 aliphatic carbocycles. The number of fused-ring (bicyclic) bond motifs is 1. The van der Waals surface area contributed by atoms with Crippen LogP contribution in [-0.2, 0) is 0 Å². The van der Waals surface area contributed by atoms with E-state index in [1.54, 1.807) is 12.3 Å². The van der Waals surface area contributed by atoms with E-state index in [0.29, 0.717) is 21.9 Å². The van der Waals surface area contributed by atoms with E-state index in [4.69, 9.17) is 16.6 Å². The van der Waals surface area contributed by atoms with Crippen molar-refractivity contribution in [3.8, 4) is 33.8 Å². The highest BCUT2D eigenvalue weighted by Crippen LogP contribution is 2.33. The van der Waals surface area contributed by atoms with Crippen LogP contribution in [0.15, 0.2) is 91.1 Å². The predicted molar refractivity (Wildman–Crippen MR) is 119 cm³/mol. The largest absolute Gasteiger partial charge is 0.248 e. The highest BCUT2D eigenvalue weighted by Gasteiger charge is 2.14. The van der Waals surface area contributed by atoms with Gasteiger partial charge < -0.3 is 0 Å². The summed E-state index contributed by atoms with van der Waals surface area (Å²) in [6.45, 7) is 0. The Hall–Kier alpha value is -3.63. The van der Waals surface area contributed by atoms with E-state index in [2.05, 4.69) is 9.97 Å². The molecule has 30 heavy (non-hydrogen) atoms. The van der Waals surface area contributed by atoms with E-state index in [1.165, 1.54) is 12.1 Å². The van der Waals surface area contributed by atoms with Gasteiger partial charge in [-0.3, -0.25) is 0 Å². The number of nitrogens with zero attached hydrogens (tertiary/aromatic N) is 3. The monoisotopic (exact) mass is 411 g/mol. The number of hydrogen-bond donors (Lipinski definition) is 0. The average Bonchev–Trinajstić information content (AvgIpc) is 2.80. The summed E-state index contributed by atoms with van der Waals surface area (Å²) in [4.78, 5) is 13.8. The topological polar surface area (TPSA) is 38.7 Å². The van der Waals surface area contributed by atoms with Crippen molar-refractivity contribution >= 4 is 22.6 Å². The number of hydrogen-bond acceptors (Lipinski definition) is 3. The molecule has 0 N–H and O–H groups in total. The Kier molecular flexibility index (Phi) is 4.69. The lowest BCUT2D eigenvalue weighted by Crippen LogP contribution is -1.95. The average molecular weight is 412 g/mol. The summed E-state index contributed by atoms with van der Waals surface area (Å²) in [5.74, 6) is -0.390. The molecule has 0 radical (unpaired) electrons. The van der Waals surface area contributed by atoms with Crippen LogP contribution in [0.5, 0.6) is 0 Å². The van der Waals surface area contributed by atoms with E-state index in [9.17, 15) is 4.39 Å². The van der Waals surface area contributed by atoms with Crippen molar-refractivity contribution in [3.05, 3.63) is 102 Å². The summed E-state index contributed by atoms with van der Waals surface area (Å²) >= 11 is 6.11. The van der Waals surface area contributed by atoms with Gasteiger partial charge in [0.15, 0.2) is 5.65 Å². The Labute approximate surface area is 177 Å². The minimum absolute atomic E-state index is 0.329. The Morgan fingerprint density at radius 1 is 0.667 bits per heavy atom. The highest BCUT2D eigenvalue weighted by molar-refractivity contribution is 6.30. The maximum absolute atomic E-state index is 14.5. The number of halogens is 2. The zero-order valence-corrected chi connectivity index (χ0v) is 16.5. The van der Waals surface area contributed by atoms with Crippen molar-refractivity contribution in [1.29, 1.82) is 0 Å². The van der Waals surface area contributed by atoms with Crippen LogP contribution in [0.2, 0.25) is 5.02 Å². The second-order valence-corrected chi connectivity index (χ2v) is 7.26. The Morgan fingerprint density at radius 3 is 2.37 bits per heavy atom. The number of rotatable bonds is 3. The Balaban J connectivity index is 1.74. The van der Waals surface area contributed by atoms with Crippen molar-refractivity contribution < 1.29 is 4.39 Å². The molecule has 0 saturated heterocycles. The first-order valence-electron chi connectivity index (χ1n) is 9.43. The third kappa shape index (κ3) is 3.42. The maximum Gasteiger partial charge on any atom is 0.160 e. The molecule has 0 unspecified atom stereocenters. The fourth-order valence-corrected chi connectivity index (χ4v) is 3.63. The van der Waals surface area contributed by atoms with Gasteiger partial charge in [0.05, 0.1) is 17.1 Å². The summed E-state index contributed by atoms with van der Waals surface area (Å²) in [6.07, 6.45) is 1.67. The summed E-state index contributed by atoms with van der Waals surface area (Å²) in [6, 6.07) is 25.9. The van der Waals surface area contributed by atoms with Gasteiger partial charge in [-0.15, -0.1) is 0 Å². The van der Waals surface area contributed by atoms with E-state index in [1.807, 2.05) is 66.7 Å². The van der Waals surface area contributed by atoms with Gasteiger partial charge >= 0.3 is 0 Å². The molecule has 0 amide bonds. The molecule has 3 nitrogen and oxygen atoms in total. The van der Waals surface area contributed by atoms with Crippen LogP contribution in [0, 0.1) is 5.82 Å². The minimum Gasteiger partial charge on any atom is -0.248 e. The van der Waals surface area contributed by atoms with E-state index < -0.39 is 0 Å². The van der Waals surface area contributed by atoms with Crippen LogP contribution in [0.25, 0.3) is 44.8 Å². The molecule has 3 aromatic heterocycles. The van der Waals surface area contributed by atoms with Crippen molar-refractivity contribution in [2.45, 2.75) is 0 Å². The first kappa shape index (κ1) is 18.4. The van der Waals surface area contributed by atoms with Crippen LogP contribution >= 0.6 is 11.6 Å². The molecule has 0 saturated carbocycles. The Morgan fingerprint density at radius 2 is 1.50 bits per heavy atom. The molecule has 0 bridgehead atoms. The van der Waals surface area contributed by atoms with Crippen LogP contribution in [0.1, 0.15) is 0 Å². The number of benzene rings is 2. The van der Waals surface area contributed by atoms with Gasteiger partial charge in [0.1, 0.15) is 5.82 Å². The fraction of sp³-hybridized carbons (Fsp3) is 0. The molecule has 5 heteroatoms. The van der Waals surface area contributed by atoms with Crippen LogP contribution in [-0.4, -0.2) is 15.0 Å². The lowest BCUT2D eigenvalue weighted by atomic mass is 10.0. The van der Waals surface area contributed by atoms with Crippen molar-refractivity contribution in [2.75, 3.05) is 0 Å². The molecule has 5 aromatic rings. The van der Waals surface area contributed by atoms with Crippen LogP contribution in [0.4, 0.5) is 4.39 Å². The van der Waals surface area contributed by atoms with Gasteiger partial charge in [0.2, 0.25) is 0 Å². The molecular formula is C25H15ClFN3. The second kappa shape index (κ2) is 7.65. The Bertz CT molecular complexity index is 1370. The van der Waals surface area contributed by atoms with Crippen molar-refractivity contribution in [2.24, 2.45) is 0 Å². The first-order valence-corrected chi connectivity index (χ1v) is 9.81. The van der Waals surface area contributed by atoms with Gasteiger partial charge in [-0.05, 0) is 48.5 Å². The van der Waals surface area contributed by atoms with Gasteiger partial charge in [-0.2, -0.15) is 0 Å². The third-order valence-electron chi connectivity index (χ3n) is 4.88. The third-order valence-corrected chi connectivity index (χ3v) is 5.12. The summed E-state index contributed by atoms with van der Waals surface area (Å²) < 4.78 is 14.5. The van der Waals surface area contributed by atoms with Gasteiger partial charge in [-0.1, -0.05) is 48.0 Å². The second-order valence-electron chi connectivity index (χ2n) is 6.83. The minimum atomic E-state index is -0.390. The molecule has 2 aromatic carbocycles. The normalized spacial score (nSPS) is 11.0. The molecular weight excluding hydrogens is 397 g/mol. The first-order chi connectivity index (χ1) is 14.7. The molecule has 0 spiro atoms. The molecule has 0 aliphatic heterocycles. The summed E-state index contributed by atoms with van der Waals surface area (Å²) in [7, 11) is 0. The lowest BCUT2D eigenvalue weighted by molar-refractivity contribution is 0.631.